The van der Waals surface area contributed by atoms with Crippen molar-refractivity contribution in [2.75, 3.05) is 6.61 Å². The van der Waals surface area contributed by atoms with Crippen molar-refractivity contribution in [3.05, 3.63) is 48.0 Å². The van der Waals surface area contributed by atoms with Gasteiger partial charge in [0.1, 0.15) is 0 Å². The number of ether oxygens (including phenoxy) is 1. The van der Waals surface area contributed by atoms with E-state index < -0.39 is 0 Å². The van der Waals surface area contributed by atoms with Crippen molar-refractivity contribution in [3.8, 4) is 0 Å². The number of nitrogens with one attached hydrogen (secondary N) is 1. The summed E-state index contributed by atoms with van der Waals surface area (Å²) in [6, 6.07) is 10.3. The Bertz CT molecular complexity index is 745. The molecule has 1 saturated carbocycles. The van der Waals surface area contributed by atoms with Gasteiger partial charge in [-0.05, 0) is 63.4 Å². The van der Waals surface area contributed by atoms with Gasteiger partial charge in [-0.2, -0.15) is 0 Å². The molecule has 4 nitrogen and oxygen atoms in total. The molecule has 1 aromatic carbocycles. The second kappa shape index (κ2) is 17.3. The number of esters is 1. The molecule has 4 heteroatoms. The van der Waals surface area contributed by atoms with Gasteiger partial charge in [-0.25, -0.2) is 4.79 Å². The number of benzene rings is 1. The van der Waals surface area contributed by atoms with E-state index in [1.54, 1.807) is 6.08 Å². The van der Waals surface area contributed by atoms with E-state index in [1.807, 2.05) is 31.2 Å². The van der Waals surface area contributed by atoms with Crippen LogP contribution < -0.4 is 5.32 Å². The fourth-order valence-electron chi connectivity index (χ4n) is 5.62. The summed E-state index contributed by atoms with van der Waals surface area (Å²) in [6.45, 7) is 6.58. The zero-order chi connectivity index (χ0) is 25.3. The van der Waals surface area contributed by atoms with Gasteiger partial charge in [-0.3, -0.25) is 4.79 Å². The van der Waals surface area contributed by atoms with E-state index >= 15 is 0 Å². The minimum absolute atomic E-state index is 0.0370. The summed E-state index contributed by atoms with van der Waals surface area (Å²) in [5.41, 5.74) is 1.16. The molecule has 0 heterocycles. The van der Waals surface area contributed by atoms with Gasteiger partial charge in [-0.15, -0.1) is 0 Å². The Kier molecular flexibility index (Phi) is 14.4. The first-order chi connectivity index (χ1) is 17.1. The summed E-state index contributed by atoms with van der Waals surface area (Å²) in [6.07, 6.45) is 19.0. The standard InChI is InChI=1S/C31H49NO3/c1-4-6-7-8-9-13-20-27-23-24-29(31(34)32-25(3)26-18-14-12-15-19-26)28(27)21-16-10-11-17-22-30(33)35-5-2/h12,14-15,17-19,22,25,27-29H,4-11,13,16,20-21,23-24H2,1-3H3,(H,32,34)/t25?,27-,28+,29-/m0/s1. The molecule has 35 heavy (non-hydrogen) atoms. The highest BCUT2D eigenvalue weighted by atomic mass is 16.5. The van der Waals surface area contributed by atoms with Crippen LogP contribution in [0.15, 0.2) is 42.5 Å². The predicted molar refractivity (Wildman–Crippen MR) is 145 cm³/mol. The van der Waals surface area contributed by atoms with Crippen molar-refractivity contribution in [1.29, 1.82) is 0 Å². The van der Waals surface area contributed by atoms with Gasteiger partial charge in [0.05, 0.1) is 12.6 Å². The normalized spacial score (nSPS) is 20.7. The Morgan fingerprint density at radius 1 is 0.971 bits per heavy atom. The van der Waals surface area contributed by atoms with Crippen molar-refractivity contribution in [3.63, 3.8) is 0 Å². The van der Waals surface area contributed by atoms with Gasteiger partial charge in [0.2, 0.25) is 5.91 Å². The molecule has 196 valence electrons. The number of allylic oxidation sites excluding steroid dienone is 1. The smallest absolute Gasteiger partial charge is 0.330 e. The fraction of sp³-hybridized carbons (Fsp3) is 0.677. The van der Waals surface area contributed by atoms with Gasteiger partial charge in [0.15, 0.2) is 0 Å². The Labute approximate surface area is 214 Å². The fourth-order valence-corrected chi connectivity index (χ4v) is 5.62. The quantitative estimate of drug-likeness (QED) is 0.139. The monoisotopic (exact) mass is 483 g/mol. The molecule has 0 aromatic heterocycles. The molecule has 1 aliphatic carbocycles. The number of carbonyl (C=O) groups is 2. The molecule has 1 unspecified atom stereocenters. The van der Waals surface area contributed by atoms with Crippen LogP contribution in [0.3, 0.4) is 0 Å². The number of carbonyl (C=O) groups excluding carboxylic acids is 2. The Morgan fingerprint density at radius 3 is 2.43 bits per heavy atom. The van der Waals surface area contributed by atoms with Crippen LogP contribution in [-0.4, -0.2) is 18.5 Å². The third kappa shape index (κ3) is 11.0. The molecule has 0 aliphatic heterocycles. The molecule has 0 spiro atoms. The summed E-state index contributed by atoms with van der Waals surface area (Å²) >= 11 is 0. The summed E-state index contributed by atoms with van der Waals surface area (Å²) in [4.78, 5) is 24.8. The van der Waals surface area contributed by atoms with E-state index in [0.717, 1.165) is 37.7 Å². The van der Waals surface area contributed by atoms with Crippen molar-refractivity contribution in [1.82, 2.24) is 5.32 Å². The van der Waals surface area contributed by atoms with Crippen molar-refractivity contribution >= 4 is 11.9 Å². The summed E-state index contributed by atoms with van der Waals surface area (Å²) < 4.78 is 4.95. The number of rotatable bonds is 17. The second-order valence-electron chi connectivity index (χ2n) is 10.2. The molecule has 0 saturated heterocycles. The van der Waals surface area contributed by atoms with Gasteiger partial charge in [-0.1, -0.05) is 94.7 Å². The number of amides is 1. The molecule has 4 atom stereocenters. The largest absolute Gasteiger partial charge is 0.463 e. The van der Waals surface area contributed by atoms with Crippen LogP contribution >= 0.6 is 0 Å². The number of unbranched alkanes of at least 4 members (excludes halogenated alkanes) is 7. The first-order valence-corrected chi connectivity index (χ1v) is 14.2. The van der Waals surface area contributed by atoms with E-state index in [2.05, 4.69) is 31.3 Å². The van der Waals surface area contributed by atoms with Gasteiger partial charge in [0, 0.05) is 12.0 Å². The SMILES string of the molecule is CCCCCCCC[C@H]1CC[C@H](C(=O)NC(C)c2ccccc2)[C@@H]1CCCCC=CC(=O)OCC. The van der Waals surface area contributed by atoms with Crippen molar-refractivity contribution in [2.24, 2.45) is 17.8 Å². The van der Waals surface area contributed by atoms with E-state index in [-0.39, 0.29) is 23.8 Å². The van der Waals surface area contributed by atoms with Crippen LogP contribution in [0.4, 0.5) is 0 Å². The average Bonchev–Trinajstić information content (AvgIpc) is 3.26. The van der Waals surface area contributed by atoms with Crippen molar-refractivity contribution in [2.45, 2.75) is 110 Å². The molecule has 1 amide bonds. The maximum Gasteiger partial charge on any atom is 0.330 e. The van der Waals surface area contributed by atoms with Crippen LogP contribution in [0.2, 0.25) is 0 Å². The van der Waals surface area contributed by atoms with E-state index in [4.69, 9.17) is 4.74 Å². The van der Waals surface area contributed by atoms with Gasteiger partial charge >= 0.3 is 5.97 Å². The molecular formula is C31H49NO3. The van der Waals surface area contributed by atoms with Crippen LogP contribution in [-0.2, 0) is 14.3 Å². The third-order valence-corrected chi connectivity index (χ3v) is 7.59. The highest BCUT2D eigenvalue weighted by Crippen LogP contribution is 2.43. The van der Waals surface area contributed by atoms with Crippen LogP contribution in [0.5, 0.6) is 0 Å². The maximum atomic E-state index is 13.3. The Morgan fingerprint density at radius 2 is 1.69 bits per heavy atom. The first-order valence-electron chi connectivity index (χ1n) is 14.2. The Hall–Kier alpha value is -2.10. The van der Waals surface area contributed by atoms with E-state index in [1.165, 1.54) is 51.4 Å². The molecule has 0 radical (unpaired) electrons. The molecule has 1 aliphatic rings. The van der Waals surface area contributed by atoms with Crippen LogP contribution in [0, 0.1) is 17.8 Å². The Balaban J connectivity index is 1.88. The number of hydrogen-bond donors (Lipinski definition) is 1. The minimum Gasteiger partial charge on any atom is -0.463 e. The summed E-state index contributed by atoms with van der Waals surface area (Å²) in [5.74, 6) is 1.24. The average molecular weight is 484 g/mol. The third-order valence-electron chi connectivity index (χ3n) is 7.59. The first kappa shape index (κ1) is 29.1. The molecular weight excluding hydrogens is 434 g/mol. The van der Waals surface area contributed by atoms with Crippen molar-refractivity contribution < 1.29 is 14.3 Å². The van der Waals surface area contributed by atoms with Crippen LogP contribution in [0.25, 0.3) is 0 Å². The topological polar surface area (TPSA) is 55.4 Å². The van der Waals surface area contributed by atoms with Gasteiger partial charge < -0.3 is 10.1 Å². The summed E-state index contributed by atoms with van der Waals surface area (Å²) in [7, 11) is 0. The van der Waals surface area contributed by atoms with E-state index in [9.17, 15) is 9.59 Å². The molecule has 1 N–H and O–H groups in total. The molecule has 2 rings (SSSR count). The molecule has 1 fully saturated rings. The lowest BCUT2D eigenvalue weighted by Crippen LogP contribution is -2.35. The highest BCUT2D eigenvalue weighted by molar-refractivity contribution is 5.81. The maximum absolute atomic E-state index is 13.3. The highest BCUT2D eigenvalue weighted by Gasteiger charge is 2.39. The zero-order valence-corrected chi connectivity index (χ0v) is 22.5. The lowest BCUT2D eigenvalue weighted by molar-refractivity contribution is -0.137. The lowest BCUT2D eigenvalue weighted by Gasteiger charge is -2.26. The molecule has 1 aromatic rings. The van der Waals surface area contributed by atoms with E-state index in [0.29, 0.717) is 18.4 Å². The lowest BCUT2D eigenvalue weighted by atomic mass is 9.81. The zero-order valence-electron chi connectivity index (χ0n) is 22.5. The number of hydrogen-bond acceptors (Lipinski definition) is 3. The van der Waals surface area contributed by atoms with Crippen LogP contribution in [0.1, 0.15) is 116 Å². The summed E-state index contributed by atoms with van der Waals surface area (Å²) in [5, 5.41) is 3.31. The predicted octanol–water partition coefficient (Wildman–Crippen LogP) is 7.94. The molecule has 0 bridgehead atoms. The second-order valence-corrected chi connectivity index (χ2v) is 10.2. The van der Waals surface area contributed by atoms with Gasteiger partial charge in [0.25, 0.3) is 0 Å². The minimum atomic E-state index is -0.258.